The molecule has 4 aromatic carbocycles. The van der Waals surface area contributed by atoms with E-state index in [0.717, 1.165) is 12.8 Å². The Balaban J connectivity index is 1.08. The molecule has 10 nitrogen and oxygen atoms in total. The number of hydrogen-bond donors (Lipinski definition) is 0. The normalized spacial score (nSPS) is 11.9. The number of carbonyl (C=O) groups is 2. The van der Waals surface area contributed by atoms with Crippen LogP contribution in [0, 0.1) is 23.8 Å². The third kappa shape index (κ3) is 10.6. The van der Waals surface area contributed by atoms with E-state index in [2.05, 4.69) is 14.8 Å². The van der Waals surface area contributed by atoms with Gasteiger partial charge in [-0.1, -0.05) is 82.8 Å². The number of ether oxygens (including phenoxy) is 4. The highest BCUT2D eigenvalue weighted by Crippen LogP contribution is 2.41. The van der Waals surface area contributed by atoms with Crippen LogP contribution in [0.4, 0.5) is 5.69 Å². The maximum atomic E-state index is 13.3. The van der Waals surface area contributed by atoms with Gasteiger partial charge in [0.2, 0.25) is 5.69 Å². The highest BCUT2D eigenvalue weighted by Gasteiger charge is 2.27. The molecule has 1 aliphatic carbocycles. The first-order valence-corrected chi connectivity index (χ1v) is 20.5. The van der Waals surface area contributed by atoms with Gasteiger partial charge in [0.15, 0.2) is 11.6 Å². The smallest absolute Gasteiger partial charge is 0.205 e. The number of carbonyl (C=O) groups excluding carboxylic acids is 2. The summed E-state index contributed by atoms with van der Waals surface area (Å²) in [6.45, 7) is 8.88. The predicted octanol–water partition coefficient (Wildman–Crippen LogP) is 12.7. The summed E-state index contributed by atoms with van der Waals surface area (Å²) in [6, 6.07) is 22.6. The summed E-state index contributed by atoms with van der Waals surface area (Å²) in [4.78, 5) is 37.4. The Morgan fingerprint density at radius 2 is 1.23 bits per heavy atom. The average Bonchev–Trinajstić information content (AvgIpc) is 4.09. The van der Waals surface area contributed by atoms with Crippen LogP contribution in [0.5, 0.6) is 23.0 Å². The van der Waals surface area contributed by atoms with Crippen LogP contribution < -0.4 is 18.9 Å². The van der Waals surface area contributed by atoms with Crippen molar-refractivity contribution in [2.45, 2.75) is 52.6 Å². The molecule has 0 radical (unpaired) electrons. The lowest BCUT2D eigenvalue weighted by molar-refractivity contribution is 0.0969. The van der Waals surface area contributed by atoms with Gasteiger partial charge < -0.3 is 18.9 Å². The molecule has 1 saturated carbocycles. The summed E-state index contributed by atoms with van der Waals surface area (Å²) in [5.41, 5.74) is 5.29. The van der Waals surface area contributed by atoms with Crippen LogP contribution in [0.3, 0.4) is 0 Å². The standard InChI is InChI=1S/C47H34Cl4N4O6/c1-27(56)37-14-39(48)44(16-42(37)58-23-30-11-29(18-52)19-54-20-30)60-25-32-5-3-7-35(46(32)50)36-8-4-6-33(47(36)51)26-61-45-17-43(59-24-31-12-34(53-2)22-55-21-31)38(15-40(45)49)41(57)13-28-9-10-28/h3-8,11-12,14-17,19-22,28H,9-10,13,23-26H2,1H3. The van der Waals surface area contributed by atoms with E-state index in [1.165, 1.54) is 25.4 Å². The first-order valence-electron chi connectivity index (χ1n) is 18.9. The summed E-state index contributed by atoms with van der Waals surface area (Å²) >= 11 is 27.3. The highest BCUT2D eigenvalue weighted by atomic mass is 35.5. The SMILES string of the molecule is [C-]#[N+]c1cncc(COc2cc(OCc3cccc(-c4cccc(COc5cc(OCc6cncc(C#N)c6)c(C(C)=O)cc5Cl)c4Cl)c3Cl)c(Cl)cc2C(=O)CC2CC2)c1. The van der Waals surface area contributed by atoms with E-state index in [0.29, 0.717) is 84.1 Å². The largest absolute Gasteiger partial charge is 0.488 e. The molecule has 0 aliphatic heterocycles. The molecule has 0 saturated heterocycles. The Morgan fingerprint density at radius 3 is 1.77 bits per heavy atom. The molecule has 1 fully saturated rings. The second-order valence-electron chi connectivity index (χ2n) is 14.3. The van der Waals surface area contributed by atoms with Crippen LogP contribution >= 0.6 is 46.4 Å². The van der Waals surface area contributed by atoms with E-state index in [1.807, 2.05) is 42.5 Å². The Bertz CT molecular complexity index is 2740. The Kier molecular flexibility index (Phi) is 13.7. The summed E-state index contributed by atoms with van der Waals surface area (Å²) in [6.07, 6.45) is 8.53. The molecule has 306 valence electrons. The van der Waals surface area contributed by atoms with Crippen molar-refractivity contribution >= 4 is 63.7 Å². The maximum absolute atomic E-state index is 13.3. The molecule has 2 heterocycles. The van der Waals surface area contributed by atoms with Crippen LogP contribution in [0.1, 0.15) is 74.7 Å². The topological polar surface area (TPSA) is 125 Å². The molecular weight excluding hydrogens is 858 g/mol. The van der Waals surface area contributed by atoms with E-state index >= 15 is 0 Å². The fraction of sp³-hybridized carbons (Fsp3) is 0.191. The van der Waals surface area contributed by atoms with Gasteiger partial charge in [-0.25, -0.2) is 4.85 Å². The molecule has 6 aromatic rings. The van der Waals surface area contributed by atoms with Crippen LogP contribution in [0.25, 0.3) is 16.0 Å². The lowest BCUT2D eigenvalue weighted by Crippen LogP contribution is -2.07. The fourth-order valence-corrected chi connectivity index (χ4v) is 7.39. The zero-order valence-corrected chi connectivity index (χ0v) is 35.5. The fourth-order valence-electron chi connectivity index (χ4n) is 6.39. The van der Waals surface area contributed by atoms with Gasteiger partial charge >= 0.3 is 0 Å². The summed E-state index contributed by atoms with van der Waals surface area (Å²) in [7, 11) is 0. The Hall–Kier alpha value is -6.14. The molecule has 61 heavy (non-hydrogen) atoms. The number of benzene rings is 4. The van der Waals surface area contributed by atoms with Crippen molar-refractivity contribution in [3.8, 4) is 40.2 Å². The number of pyridine rings is 2. The first-order chi connectivity index (χ1) is 29.5. The van der Waals surface area contributed by atoms with Crippen LogP contribution in [-0.2, 0) is 26.4 Å². The van der Waals surface area contributed by atoms with Gasteiger partial charge in [0.1, 0.15) is 55.5 Å². The molecule has 0 bridgehead atoms. The molecule has 2 aromatic heterocycles. The summed E-state index contributed by atoms with van der Waals surface area (Å²) in [5, 5.41) is 10.5. The van der Waals surface area contributed by atoms with Crippen molar-refractivity contribution < 1.29 is 28.5 Å². The Labute approximate surface area is 372 Å². The molecule has 0 unspecified atom stereocenters. The molecule has 7 rings (SSSR count). The number of ketones is 2. The third-order valence-electron chi connectivity index (χ3n) is 9.75. The second-order valence-corrected chi connectivity index (χ2v) is 15.8. The number of Topliss-reactive ketones (excluding diaryl/α,β-unsaturated/α-hetero) is 2. The molecule has 14 heteroatoms. The number of halogens is 4. The quantitative estimate of drug-likeness (QED) is 0.0650. The monoisotopic (exact) mass is 890 g/mol. The average molecular weight is 893 g/mol. The van der Waals surface area contributed by atoms with Crippen LogP contribution in [0.2, 0.25) is 20.1 Å². The van der Waals surface area contributed by atoms with Crippen molar-refractivity contribution in [3.05, 3.63) is 168 Å². The van der Waals surface area contributed by atoms with E-state index in [4.69, 9.17) is 71.9 Å². The van der Waals surface area contributed by atoms with E-state index in [-0.39, 0.29) is 65.1 Å². The summed E-state index contributed by atoms with van der Waals surface area (Å²) < 4.78 is 24.5. The second kappa shape index (κ2) is 19.5. The van der Waals surface area contributed by atoms with Crippen LogP contribution in [-0.4, -0.2) is 21.5 Å². The van der Waals surface area contributed by atoms with Gasteiger partial charge in [0, 0.05) is 71.2 Å². The maximum Gasteiger partial charge on any atom is 0.205 e. The molecular formula is C47H34Cl4N4O6. The Morgan fingerprint density at radius 1 is 0.705 bits per heavy atom. The highest BCUT2D eigenvalue weighted by molar-refractivity contribution is 6.37. The van der Waals surface area contributed by atoms with Crippen LogP contribution in [0.15, 0.2) is 97.6 Å². The predicted molar refractivity (Wildman–Crippen MR) is 233 cm³/mol. The lowest BCUT2D eigenvalue weighted by Gasteiger charge is -2.17. The minimum absolute atomic E-state index is 0.0172. The summed E-state index contributed by atoms with van der Waals surface area (Å²) in [5.74, 6) is 1.15. The van der Waals surface area contributed by atoms with Gasteiger partial charge in [-0.3, -0.25) is 19.6 Å². The number of aromatic nitrogens is 2. The van der Waals surface area contributed by atoms with E-state index in [9.17, 15) is 14.9 Å². The lowest BCUT2D eigenvalue weighted by atomic mass is 10.0. The zero-order chi connectivity index (χ0) is 43.0. The minimum atomic E-state index is -0.253. The number of nitrogens with zero attached hydrogens (tertiary/aromatic N) is 4. The molecule has 0 N–H and O–H groups in total. The first kappa shape index (κ1) is 43.0. The minimum Gasteiger partial charge on any atom is -0.488 e. The van der Waals surface area contributed by atoms with E-state index in [1.54, 1.807) is 42.7 Å². The number of nitriles is 1. The van der Waals surface area contributed by atoms with Gasteiger partial charge in [0.25, 0.3) is 0 Å². The van der Waals surface area contributed by atoms with Gasteiger partial charge in [-0.15, -0.1) is 0 Å². The number of rotatable bonds is 17. The van der Waals surface area contributed by atoms with Gasteiger partial charge in [-0.2, -0.15) is 5.26 Å². The van der Waals surface area contributed by atoms with Crippen molar-refractivity contribution in [2.24, 2.45) is 5.92 Å². The van der Waals surface area contributed by atoms with Crippen molar-refractivity contribution in [1.29, 1.82) is 5.26 Å². The number of hydrogen-bond acceptors (Lipinski definition) is 9. The van der Waals surface area contributed by atoms with Gasteiger partial charge in [0.05, 0.1) is 43.4 Å². The molecule has 0 atom stereocenters. The molecule has 1 aliphatic rings. The zero-order valence-electron chi connectivity index (χ0n) is 32.5. The van der Waals surface area contributed by atoms with Gasteiger partial charge in [-0.05, 0) is 55.5 Å². The van der Waals surface area contributed by atoms with Crippen molar-refractivity contribution in [1.82, 2.24) is 9.97 Å². The third-order valence-corrected chi connectivity index (χ3v) is 11.2. The van der Waals surface area contributed by atoms with Crippen molar-refractivity contribution in [3.63, 3.8) is 0 Å². The van der Waals surface area contributed by atoms with Crippen molar-refractivity contribution in [2.75, 3.05) is 0 Å². The molecule has 0 spiro atoms. The van der Waals surface area contributed by atoms with E-state index < -0.39 is 0 Å². The molecule has 0 amide bonds.